The van der Waals surface area contributed by atoms with Crippen molar-refractivity contribution in [3.63, 3.8) is 0 Å². The van der Waals surface area contributed by atoms with Crippen molar-refractivity contribution in [2.24, 2.45) is 0 Å². The topological polar surface area (TPSA) is 52.7 Å². The molecule has 27 heavy (non-hydrogen) atoms. The van der Waals surface area contributed by atoms with Gasteiger partial charge in [0.15, 0.2) is 0 Å². The van der Waals surface area contributed by atoms with Crippen LogP contribution in [0.15, 0.2) is 65.9 Å². The number of benzene rings is 2. The Morgan fingerprint density at radius 3 is 2.56 bits per heavy atom. The third-order valence-corrected chi connectivity index (χ3v) is 5.32. The number of hydrogen-bond donors (Lipinski definition) is 1. The summed E-state index contributed by atoms with van der Waals surface area (Å²) in [6, 6.07) is 14.7. The second-order valence-electron chi connectivity index (χ2n) is 6.88. The zero-order valence-corrected chi connectivity index (χ0v) is 15.1. The average molecular weight is 365 g/mol. The molecule has 2 aromatic carbocycles. The highest BCUT2D eigenvalue weighted by atomic mass is 19.1. The highest BCUT2D eigenvalue weighted by Gasteiger charge is 2.44. The molecule has 0 unspecified atom stereocenters. The Bertz CT molecular complexity index is 941. The van der Waals surface area contributed by atoms with E-state index in [2.05, 4.69) is 5.32 Å². The fraction of sp³-hybridized carbons (Fsp3) is 0.238. The summed E-state index contributed by atoms with van der Waals surface area (Å²) in [6.45, 7) is 2.32. The number of nitrogens with one attached hydrogen (secondary N) is 1. The molecule has 1 N–H and O–H groups in total. The molecule has 4 rings (SSSR count). The molecule has 5 nitrogen and oxygen atoms in total. The lowest BCUT2D eigenvalue weighted by atomic mass is 9.95. The van der Waals surface area contributed by atoms with Gasteiger partial charge in [-0.25, -0.2) is 9.18 Å². The minimum absolute atomic E-state index is 0.137. The largest absolute Gasteiger partial charge is 0.327 e. The Morgan fingerprint density at radius 1 is 1.11 bits per heavy atom. The molecule has 2 atom stereocenters. The lowest BCUT2D eigenvalue weighted by Crippen LogP contribution is -2.45. The van der Waals surface area contributed by atoms with Gasteiger partial charge >= 0.3 is 6.03 Å². The van der Waals surface area contributed by atoms with Crippen LogP contribution in [0.25, 0.3) is 0 Å². The molecule has 0 aromatic heterocycles. The van der Waals surface area contributed by atoms with Crippen LogP contribution in [-0.4, -0.2) is 35.3 Å². The van der Waals surface area contributed by atoms with Crippen molar-refractivity contribution in [2.45, 2.75) is 19.0 Å². The molecule has 0 aliphatic carbocycles. The summed E-state index contributed by atoms with van der Waals surface area (Å²) in [7, 11) is 1.65. The van der Waals surface area contributed by atoms with Gasteiger partial charge in [0.2, 0.25) is 0 Å². The molecule has 3 amide bonds. The van der Waals surface area contributed by atoms with Gasteiger partial charge in [0, 0.05) is 7.05 Å². The van der Waals surface area contributed by atoms with E-state index >= 15 is 0 Å². The zero-order valence-electron chi connectivity index (χ0n) is 15.1. The molecule has 0 saturated heterocycles. The fourth-order valence-electron chi connectivity index (χ4n) is 3.75. The molecule has 2 heterocycles. The summed E-state index contributed by atoms with van der Waals surface area (Å²) in [5.74, 6) is -0.537. The quantitative estimate of drug-likeness (QED) is 0.907. The van der Waals surface area contributed by atoms with E-state index in [1.54, 1.807) is 24.1 Å². The first-order valence-corrected chi connectivity index (χ1v) is 8.86. The van der Waals surface area contributed by atoms with Crippen LogP contribution in [0, 0.1) is 5.82 Å². The molecular weight excluding hydrogens is 345 g/mol. The predicted molar refractivity (Wildman–Crippen MR) is 99.0 cm³/mol. The minimum Gasteiger partial charge on any atom is -0.327 e. The molecule has 2 aliphatic rings. The Kier molecular flexibility index (Phi) is 4.18. The lowest BCUT2D eigenvalue weighted by molar-refractivity contribution is -0.127. The first-order valence-electron chi connectivity index (χ1n) is 8.86. The number of urea groups is 1. The molecule has 6 heteroatoms. The highest BCUT2D eigenvalue weighted by Crippen LogP contribution is 2.38. The van der Waals surface area contributed by atoms with Crippen molar-refractivity contribution >= 4 is 11.9 Å². The Hall–Kier alpha value is -3.15. The van der Waals surface area contributed by atoms with Crippen LogP contribution < -0.4 is 5.32 Å². The van der Waals surface area contributed by atoms with Crippen molar-refractivity contribution < 1.29 is 14.0 Å². The normalized spacial score (nSPS) is 20.6. The van der Waals surface area contributed by atoms with Crippen LogP contribution in [-0.2, 0) is 4.79 Å². The van der Waals surface area contributed by atoms with Crippen molar-refractivity contribution in [1.29, 1.82) is 0 Å². The van der Waals surface area contributed by atoms with Gasteiger partial charge in [0.05, 0.1) is 29.9 Å². The number of carbonyl (C=O) groups is 2. The van der Waals surface area contributed by atoms with Crippen molar-refractivity contribution in [1.82, 2.24) is 15.1 Å². The monoisotopic (exact) mass is 365 g/mol. The van der Waals surface area contributed by atoms with E-state index in [9.17, 15) is 14.0 Å². The van der Waals surface area contributed by atoms with E-state index < -0.39 is 11.9 Å². The summed E-state index contributed by atoms with van der Waals surface area (Å²) in [6.07, 6.45) is 0. The van der Waals surface area contributed by atoms with Crippen molar-refractivity contribution in [2.75, 3.05) is 13.6 Å². The molecule has 0 saturated carbocycles. The lowest BCUT2D eigenvalue weighted by Gasteiger charge is -2.31. The number of hydrogen-bond acceptors (Lipinski definition) is 2. The molecule has 0 radical (unpaired) electrons. The number of halogens is 1. The second-order valence-corrected chi connectivity index (χ2v) is 6.88. The molecule has 2 aliphatic heterocycles. The van der Waals surface area contributed by atoms with Crippen LogP contribution in [0.3, 0.4) is 0 Å². The maximum Gasteiger partial charge on any atom is 0.322 e. The molecule has 138 valence electrons. The number of rotatable bonds is 3. The van der Waals surface area contributed by atoms with Gasteiger partial charge in [-0.15, -0.1) is 0 Å². The molecular formula is C21H20FN3O2. The van der Waals surface area contributed by atoms with E-state index in [1.807, 2.05) is 37.3 Å². The Morgan fingerprint density at radius 2 is 1.85 bits per heavy atom. The summed E-state index contributed by atoms with van der Waals surface area (Å²) in [5.41, 5.74) is 2.76. The van der Waals surface area contributed by atoms with Crippen LogP contribution >= 0.6 is 0 Å². The third-order valence-electron chi connectivity index (χ3n) is 5.32. The van der Waals surface area contributed by atoms with Crippen LogP contribution in [0.4, 0.5) is 9.18 Å². The molecule has 0 bridgehead atoms. The van der Waals surface area contributed by atoms with Gasteiger partial charge in [-0.3, -0.25) is 9.69 Å². The number of amides is 3. The fourth-order valence-corrected chi connectivity index (χ4v) is 3.75. The SMILES string of the molecule is C[C@@H](c1ccccc1)N1CC2=C(C1=O)[C@@H](c1cccc(F)c1)NC(=O)N2C. The van der Waals surface area contributed by atoms with Crippen LogP contribution in [0.1, 0.15) is 30.1 Å². The highest BCUT2D eigenvalue weighted by molar-refractivity contribution is 6.01. The van der Waals surface area contributed by atoms with Gasteiger partial charge in [0.25, 0.3) is 5.91 Å². The smallest absolute Gasteiger partial charge is 0.322 e. The molecule has 2 aromatic rings. The summed E-state index contributed by atoms with van der Waals surface area (Å²) in [4.78, 5) is 28.9. The predicted octanol–water partition coefficient (Wildman–Crippen LogP) is 3.38. The van der Waals surface area contributed by atoms with Crippen molar-refractivity contribution in [3.8, 4) is 0 Å². The molecule has 0 fully saturated rings. The van der Waals surface area contributed by atoms with Gasteiger partial charge in [-0.1, -0.05) is 42.5 Å². The Balaban J connectivity index is 1.72. The molecule has 0 spiro atoms. The zero-order chi connectivity index (χ0) is 19.1. The van der Waals surface area contributed by atoms with E-state index in [0.717, 1.165) is 5.56 Å². The maximum atomic E-state index is 13.7. The standard InChI is InChI=1S/C21H20FN3O2/c1-13(14-7-4-3-5-8-14)25-12-17-18(20(25)26)19(23-21(27)24(17)2)15-9-6-10-16(22)11-15/h3-11,13,19H,12H2,1-2H3,(H,23,27)/t13-,19+/m0/s1. The van der Waals surface area contributed by atoms with Gasteiger partial charge in [0.1, 0.15) is 5.82 Å². The average Bonchev–Trinajstić information content (AvgIpc) is 3.02. The third kappa shape index (κ3) is 2.87. The van der Waals surface area contributed by atoms with Gasteiger partial charge in [-0.2, -0.15) is 0 Å². The van der Waals surface area contributed by atoms with E-state index in [4.69, 9.17) is 0 Å². The number of likely N-dealkylation sites (N-methyl/N-ethyl adjacent to an activating group) is 1. The second kappa shape index (κ2) is 6.54. The minimum atomic E-state index is -0.653. The summed E-state index contributed by atoms with van der Waals surface area (Å²) >= 11 is 0. The summed E-state index contributed by atoms with van der Waals surface area (Å²) < 4.78 is 13.7. The maximum absolute atomic E-state index is 13.7. The number of carbonyl (C=O) groups excluding carboxylic acids is 2. The van der Waals surface area contributed by atoms with Gasteiger partial charge < -0.3 is 10.2 Å². The first kappa shape index (κ1) is 17.3. The van der Waals surface area contributed by atoms with Crippen molar-refractivity contribution in [3.05, 3.63) is 82.8 Å². The van der Waals surface area contributed by atoms with E-state index in [0.29, 0.717) is 23.4 Å². The van der Waals surface area contributed by atoms with E-state index in [1.165, 1.54) is 17.0 Å². The first-order chi connectivity index (χ1) is 13.0. The van der Waals surface area contributed by atoms with Gasteiger partial charge in [-0.05, 0) is 30.2 Å². The Labute approximate surface area is 157 Å². The van der Waals surface area contributed by atoms with Crippen LogP contribution in [0.2, 0.25) is 0 Å². The van der Waals surface area contributed by atoms with E-state index in [-0.39, 0.29) is 18.0 Å². The summed E-state index contributed by atoms with van der Waals surface area (Å²) in [5, 5.41) is 2.83. The number of nitrogens with zero attached hydrogens (tertiary/aromatic N) is 2. The van der Waals surface area contributed by atoms with Crippen LogP contribution in [0.5, 0.6) is 0 Å².